The molecule has 0 saturated heterocycles. The Balaban J connectivity index is 2.98. The summed E-state index contributed by atoms with van der Waals surface area (Å²) in [6.45, 7) is 1.74. The third kappa shape index (κ3) is 1.08. The number of carbonyl (C=O) groups is 1. The number of aromatic amines is 1. The summed E-state index contributed by atoms with van der Waals surface area (Å²) in [6.07, 6.45) is 0. The topological polar surface area (TPSA) is 87.5 Å². The van der Waals surface area contributed by atoms with Crippen LogP contribution >= 0.6 is 0 Å². The molecule has 0 saturated carbocycles. The van der Waals surface area contributed by atoms with Gasteiger partial charge in [0.05, 0.1) is 0 Å². The minimum absolute atomic E-state index is 0.0845. The Kier molecular flexibility index (Phi) is 1.63. The first-order valence-corrected chi connectivity index (χ1v) is 3.90. The van der Waals surface area contributed by atoms with Gasteiger partial charge in [-0.1, -0.05) is 0 Å². The van der Waals surface area contributed by atoms with E-state index < -0.39 is 11.7 Å². The summed E-state index contributed by atoms with van der Waals surface area (Å²) in [4.78, 5) is 22.0. The fourth-order valence-electron chi connectivity index (χ4n) is 1.32. The van der Waals surface area contributed by atoms with Gasteiger partial charge in [-0.05, 0) is 24.6 Å². The van der Waals surface area contributed by atoms with Gasteiger partial charge in [0.2, 0.25) is 0 Å². The SMILES string of the molecule is Cc1cc(C(=O)O)n2c(=O)[nH]nc2c1. The molecule has 0 aliphatic heterocycles. The van der Waals surface area contributed by atoms with Crippen molar-refractivity contribution in [2.24, 2.45) is 0 Å². The Bertz CT molecular complexity index is 567. The van der Waals surface area contributed by atoms with Crippen molar-refractivity contribution in [1.82, 2.24) is 14.6 Å². The molecular formula is C8H7N3O3. The monoisotopic (exact) mass is 193 g/mol. The number of nitrogens with zero attached hydrogens (tertiary/aromatic N) is 2. The van der Waals surface area contributed by atoms with E-state index in [0.717, 1.165) is 9.96 Å². The highest BCUT2D eigenvalue weighted by molar-refractivity contribution is 5.86. The van der Waals surface area contributed by atoms with Crippen LogP contribution in [0.3, 0.4) is 0 Å². The second-order valence-corrected chi connectivity index (χ2v) is 2.95. The normalized spacial score (nSPS) is 10.6. The number of rotatable bonds is 1. The third-order valence-electron chi connectivity index (χ3n) is 1.88. The van der Waals surface area contributed by atoms with Crippen LogP contribution in [0.1, 0.15) is 16.1 Å². The van der Waals surface area contributed by atoms with E-state index in [-0.39, 0.29) is 5.69 Å². The highest BCUT2D eigenvalue weighted by Crippen LogP contribution is 2.06. The lowest BCUT2D eigenvalue weighted by Crippen LogP contribution is -2.17. The maximum Gasteiger partial charge on any atom is 0.353 e. The van der Waals surface area contributed by atoms with Crippen LogP contribution < -0.4 is 5.69 Å². The molecule has 14 heavy (non-hydrogen) atoms. The van der Waals surface area contributed by atoms with Crippen molar-refractivity contribution in [2.75, 3.05) is 0 Å². The van der Waals surface area contributed by atoms with Gasteiger partial charge in [-0.2, -0.15) is 5.10 Å². The lowest BCUT2D eigenvalue weighted by atomic mass is 10.2. The van der Waals surface area contributed by atoms with Crippen LogP contribution in [0.4, 0.5) is 0 Å². The molecule has 6 nitrogen and oxygen atoms in total. The molecule has 0 unspecified atom stereocenters. The number of pyridine rings is 1. The quantitative estimate of drug-likeness (QED) is 0.668. The largest absolute Gasteiger partial charge is 0.477 e. The molecule has 0 atom stereocenters. The van der Waals surface area contributed by atoms with E-state index in [1.54, 1.807) is 13.0 Å². The van der Waals surface area contributed by atoms with Gasteiger partial charge in [-0.3, -0.25) is 0 Å². The lowest BCUT2D eigenvalue weighted by molar-refractivity contribution is 0.0688. The molecule has 2 heterocycles. The number of nitrogens with one attached hydrogen (secondary N) is 1. The molecule has 0 aromatic carbocycles. The summed E-state index contributed by atoms with van der Waals surface area (Å²) in [5.74, 6) is -1.15. The first-order chi connectivity index (χ1) is 6.59. The van der Waals surface area contributed by atoms with Gasteiger partial charge in [-0.15, -0.1) is 0 Å². The zero-order chi connectivity index (χ0) is 10.3. The summed E-state index contributed by atoms with van der Waals surface area (Å²) in [5.41, 5.74) is 0.428. The first kappa shape index (κ1) is 8.49. The predicted octanol–water partition coefficient (Wildman–Crippen LogP) is 0.0292. The van der Waals surface area contributed by atoms with Crippen LogP contribution in [-0.4, -0.2) is 25.7 Å². The number of hydrogen-bond acceptors (Lipinski definition) is 3. The number of carboxylic acids is 1. The number of hydrogen-bond donors (Lipinski definition) is 2. The van der Waals surface area contributed by atoms with Crippen molar-refractivity contribution in [3.8, 4) is 0 Å². The zero-order valence-electron chi connectivity index (χ0n) is 7.31. The molecule has 0 bridgehead atoms. The van der Waals surface area contributed by atoms with Crippen LogP contribution in [0.15, 0.2) is 16.9 Å². The second kappa shape index (κ2) is 2.69. The Morgan fingerprint density at radius 2 is 2.29 bits per heavy atom. The molecule has 2 aromatic heterocycles. The smallest absolute Gasteiger partial charge is 0.353 e. The van der Waals surface area contributed by atoms with E-state index in [4.69, 9.17) is 5.11 Å². The Hall–Kier alpha value is -2.11. The van der Waals surface area contributed by atoms with E-state index in [1.165, 1.54) is 6.07 Å². The fraction of sp³-hybridized carbons (Fsp3) is 0.125. The highest BCUT2D eigenvalue weighted by Gasteiger charge is 2.12. The molecule has 0 radical (unpaired) electrons. The number of fused-ring (bicyclic) bond motifs is 1. The molecule has 6 heteroatoms. The van der Waals surface area contributed by atoms with Gasteiger partial charge in [-0.25, -0.2) is 19.1 Å². The number of aromatic carboxylic acids is 1. The molecule has 0 aliphatic rings. The second-order valence-electron chi connectivity index (χ2n) is 2.95. The van der Waals surface area contributed by atoms with Gasteiger partial charge in [0, 0.05) is 0 Å². The van der Waals surface area contributed by atoms with Crippen LogP contribution in [0.5, 0.6) is 0 Å². The minimum atomic E-state index is -1.15. The van der Waals surface area contributed by atoms with Crippen molar-refractivity contribution >= 4 is 11.6 Å². The Morgan fingerprint density at radius 3 is 2.93 bits per heavy atom. The van der Waals surface area contributed by atoms with E-state index in [2.05, 4.69) is 10.2 Å². The van der Waals surface area contributed by atoms with Crippen LogP contribution in [0.25, 0.3) is 5.65 Å². The van der Waals surface area contributed by atoms with Gasteiger partial charge in [0.25, 0.3) is 0 Å². The summed E-state index contributed by atoms with van der Waals surface area (Å²) < 4.78 is 1.02. The molecule has 0 spiro atoms. The van der Waals surface area contributed by atoms with Crippen molar-refractivity contribution in [3.05, 3.63) is 33.9 Å². The average molecular weight is 193 g/mol. The maximum atomic E-state index is 11.2. The third-order valence-corrected chi connectivity index (χ3v) is 1.88. The summed E-state index contributed by atoms with van der Waals surface area (Å²) in [6, 6.07) is 3.05. The minimum Gasteiger partial charge on any atom is -0.477 e. The first-order valence-electron chi connectivity index (χ1n) is 3.90. The van der Waals surface area contributed by atoms with Gasteiger partial charge < -0.3 is 5.11 Å². The Labute approximate surface area is 77.8 Å². The van der Waals surface area contributed by atoms with Gasteiger partial charge >= 0.3 is 11.7 Å². The standard InChI is InChI=1S/C8H7N3O3/c1-4-2-5(7(12)13)11-6(3-4)9-10-8(11)14/h2-3H,1H3,(H,10,14)(H,12,13). The highest BCUT2D eigenvalue weighted by atomic mass is 16.4. The molecule has 0 fully saturated rings. The Morgan fingerprint density at radius 1 is 1.57 bits per heavy atom. The van der Waals surface area contributed by atoms with Crippen molar-refractivity contribution in [1.29, 1.82) is 0 Å². The predicted molar refractivity (Wildman–Crippen MR) is 47.5 cm³/mol. The van der Waals surface area contributed by atoms with Crippen LogP contribution in [-0.2, 0) is 0 Å². The molecule has 0 amide bonds. The molecule has 2 rings (SSSR count). The average Bonchev–Trinajstić information content (AvgIpc) is 2.46. The summed E-state index contributed by atoms with van der Waals surface area (Å²) in [5, 5.41) is 14.7. The fourth-order valence-corrected chi connectivity index (χ4v) is 1.32. The molecule has 72 valence electrons. The van der Waals surface area contributed by atoms with Crippen LogP contribution in [0, 0.1) is 6.92 Å². The lowest BCUT2D eigenvalue weighted by Gasteiger charge is -1.99. The zero-order valence-corrected chi connectivity index (χ0v) is 7.31. The maximum absolute atomic E-state index is 11.2. The number of carboxylic acid groups (broad SMARTS) is 1. The molecular weight excluding hydrogens is 186 g/mol. The number of aromatic nitrogens is 3. The van der Waals surface area contributed by atoms with E-state index in [0.29, 0.717) is 5.65 Å². The molecule has 2 N–H and O–H groups in total. The number of H-pyrrole nitrogens is 1. The van der Waals surface area contributed by atoms with E-state index in [9.17, 15) is 9.59 Å². The number of aryl methyl sites for hydroxylation is 1. The van der Waals surface area contributed by atoms with E-state index in [1.807, 2.05) is 0 Å². The van der Waals surface area contributed by atoms with Gasteiger partial charge in [0.15, 0.2) is 5.65 Å². The van der Waals surface area contributed by atoms with Crippen LogP contribution in [0.2, 0.25) is 0 Å². The van der Waals surface area contributed by atoms with Crippen molar-refractivity contribution in [2.45, 2.75) is 6.92 Å². The van der Waals surface area contributed by atoms with Crippen molar-refractivity contribution < 1.29 is 9.90 Å². The summed E-state index contributed by atoms with van der Waals surface area (Å²) in [7, 11) is 0. The molecule has 0 aliphatic carbocycles. The van der Waals surface area contributed by atoms with Crippen molar-refractivity contribution in [3.63, 3.8) is 0 Å². The summed E-state index contributed by atoms with van der Waals surface area (Å²) >= 11 is 0. The van der Waals surface area contributed by atoms with Gasteiger partial charge in [0.1, 0.15) is 5.69 Å². The molecule has 2 aromatic rings. The van der Waals surface area contributed by atoms with E-state index >= 15 is 0 Å².